The Bertz CT molecular complexity index is 641. The predicted molar refractivity (Wildman–Crippen MR) is 105 cm³/mol. The number of hydrogen-bond acceptors (Lipinski definition) is 7. The van der Waals surface area contributed by atoms with Gasteiger partial charge in [0.15, 0.2) is 0 Å². The second kappa shape index (κ2) is 11.0. The van der Waals surface area contributed by atoms with Crippen molar-refractivity contribution in [3.8, 4) is 0 Å². The van der Waals surface area contributed by atoms with Gasteiger partial charge in [0.1, 0.15) is 4.88 Å². The molecule has 1 aliphatic rings. The zero-order chi connectivity index (χ0) is 19.6. The molecule has 0 bridgehead atoms. The van der Waals surface area contributed by atoms with Crippen molar-refractivity contribution in [3.05, 3.63) is 16.3 Å². The molecular formula is C18H28N4O4S. The maximum absolute atomic E-state index is 12.3. The molecule has 1 aliphatic heterocycles. The summed E-state index contributed by atoms with van der Waals surface area (Å²) in [6, 6.07) is 1.70. The van der Waals surface area contributed by atoms with Gasteiger partial charge in [-0.25, -0.2) is 4.79 Å². The topological polar surface area (TPSA) is 91.0 Å². The van der Waals surface area contributed by atoms with Crippen molar-refractivity contribution in [2.75, 3.05) is 58.2 Å². The zero-order valence-corrected chi connectivity index (χ0v) is 16.8. The zero-order valence-electron chi connectivity index (χ0n) is 16.0. The van der Waals surface area contributed by atoms with Gasteiger partial charge in [-0.2, -0.15) is 0 Å². The lowest BCUT2D eigenvalue weighted by atomic mass is 10.3. The van der Waals surface area contributed by atoms with E-state index in [1.165, 1.54) is 18.4 Å². The van der Waals surface area contributed by atoms with E-state index >= 15 is 0 Å². The molecule has 2 heterocycles. The SMILES string of the molecule is CCCCNC(=O)CN1CCN(CC(=O)Nc2ccsc2C(=O)OC)CC1. The second-order valence-corrected chi connectivity index (χ2v) is 7.38. The number of rotatable bonds is 9. The van der Waals surface area contributed by atoms with Crippen molar-refractivity contribution >= 4 is 34.8 Å². The summed E-state index contributed by atoms with van der Waals surface area (Å²) in [7, 11) is 1.32. The fourth-order valence-electron chi connectivity index (χ4n) is 2.82. The van der Waals surface area contributed by atoms with Crippen LogP contribution in [0.3, 0.4) is 0 Å². The van der Waals surface area contributed by atoms with Crippen molar-refractivity contribution in [2.24, 2.45) is 0 Å². The number of carbonyl (C=O) groups excluding carboxylic acids is 3. The van der Waals surface area contributed by atoms with E-state index in [9.17, 15) is 14.4 Å². The molecule has 27 heavy (non-hydrogen) atoms. The van der Waals surface area contributed by atoms with Crippen LogP contribution in [0.4, 0.5) is 5.69 Å². The maximum Gasteiger partial charge on any atom is 0.350 e. The van der Waals surface area contributed by atoms with Gasteiger partial charge in [-0.05, 0) is 17.9 Å². The average molecular weight is 397 g/mol. The largest absolute Gasteiger partial charge is 0.465 e. The molecule has 1 aromatic heterocycles. The summed E-state index contributed by atoms with van der Waals surface area (Å²) in [6.07, 6.45) is 2.06. The number of esters is 1. The number of carbonyl (C=O) groups is 3. The molecule has 0 aliphatic carbocycles. The third-order valence-electron chi connectivity index (χ3n) is 4.36. The van der Waals surface area contributed by atoms with Gasteiger partial charge in [-0.3, -0.25) is 19.4 Å². The molecule has 2 N–H and O–H groups in total. The van der Waals surface area contributed by atoms with Crippen molar-refractivity contribution in [1.82, 2.24) is 15.1 Å². The van der Waals surface area contributed by atoms with E-state index in [2.05, 4.69) is 22.5 Å². The highest BCUT2D eigenvalue weighted by Crippen LogP contribution is 2.23. The molecule has 1 fully saturated rings. The first-order valence-corrected chi connectivity index (χ1v) is 10.1. The van der Waals surface area contributed by atoms with E-state index in [0.717, 1.165) is 45.6 Å². The van der Waals surface area contributed by atoms with E-state index in [0.29, 0.717) is 17.1 Å². The van der Waals surface area contributed by atoms with Crippen LogP contribution in [0.25, 0.3) is 0 Å². The summed E-state index contributed by atoms with van der Waals surface area (Å²) < 4.78 is 4.71. The Balaban J connectivity index is 1.71. The number of piperazine rings is 1. The van der Waals surface area contributed by atoms with Crippen LogP contribution >= 0.6 is 11.3 Å². The minimum Gasteiger partial charge on any atom is -0.465 e. The van der Waals surface area contributed by atoms with Gasteiger partial charge in [0.05, 0.1) is 25.9 Å². The number of ether oxygens (including phenoxy) is 1. The summed E-state index contributed by atoms with van der Waals surface area (Å²) >= 11 is 1.24. The second-order valence-electron chi connectivity index (χ2n) is 6.46. The number of nitrogens with one attached hydrogen (secondary N) is 2. The van der Waals surface area contributed by atoms with Crippen LogP contribution in [0.15, 0.2) is 11.4 Å². The Morgan fingerprint density at radius 1 is 1.11 bits per heavy atom. The Labute approximate surface area is 163 Å². The molecule has 0 spiro atoms. The first kappa shape index (κ1) is 21.3. The molecule has 2 rings (SSSR count). The third kappa shape index (κ3) is 6.93. The van der Waals surface area contributed by atoms with Crippen molar-refractivity contribution < 1.29 is 19.1 Å². The Morgan fingerprint density at radius 3 is 2.33 bits per heavy atom. The van der Waals surface area contributed by atoms with Gasteiger partial charge in [0.2, 0.25) is 11.8 Å². The fourth-order valence-corrected chi connectivity index (χ4v) is 3.59. The molecule has 150 valence electrons. The summed E-state index contributed by atoms with van der Waals surface area (Å²) in [5, 5.41) is 7.44. The Hall–Kier alpha value is -1.97. The number of methoxy groups -OCH3 is 1. The minimum absolute atomic E-state index is 0.0578. The summed E-state index contributed by atoms with van der Waals surface area (Å²) in [6.45, 7) is 6.43. The number of unbranched alkanes of at least 4 members (excludes halogenated alkanes) is 1. The summed E-state index contributed by atoms with van der Waals surface area (Å²) in [5.74, 6) is -0.558. The molecule has 0 saturated carbocycles. The van der Waals surface area contributed by atoms with Crippen molar-refractivity contribution in [2.45, 2.75) is 19.8 Å². The Morgan fingerprint density at radius 2 is 1.74 bits per heavy atom. The summed E-state index contributed by atoms with van der Waals surface area (Å²) in [4.78, 5) is 40.3. The molecule has 0 aromatic carbocycles. The highest BCUT2D eigenvalue weighted by molar-refractivity contribution is 7.12. The minimum atomic E-state index is -0.453. The van der Waals surface area contributed by atoms with Gasteiger partial charge in [-0.15, -0.1) is 11.3 Å². The quantitative estimate of drug-likeness (QED) is 0.478. The number of thiophene rings is 1. The van der Waals surface area contributed by atoms with Crippen LogP contribution in [0.1, 0.15) is 29.4 Å². The van der Waals surface area contributed by atoms with Gasteiger partial charge >= 0.3 is 5.97 Å². The molecule has 0 radical (unpaired) electrons. The van der Waals surface area contributed by atoms with Crippen LogP contribution in [0.2, 0.25) is 0 Å². The van der Waals surface area contributed by atoms with Gasteiger partial charge in [0.25, 0.3) is 0 Å². The van der Waals surface area contributed by atoms with E-state index < -0.39 is 5.97 Å². The van der Waals surface area contributed by atoms with Gasteiger partial charge in [0, 0.05) is 32.7 Å². The third-order valence-corrected chi connectivity index (χ3v) is 5.26. The van der Waals surface area contributed by atoms with E-state index in [-0.39, 0.29) is 18.4 Å². The van der Waals surface area contributed by atoms with E-state index in [4.69, 9.17) is 4.74 Å². The van der Waals surface area contributed by atoms with Crippen LogP contribution in [-0.2, 0) is 14.3 Å². The lowest BCUT2D eigenvalue weighted by Gasteiger charge is -2.33. The Kier molecular flexibility index (Phi) is 8.70. The summed E-state index contributed by atoms with van der Waals surface area (Å²) in [5.41, 5.74) is 0.485. The number of anilines is 1. The standard InChI is InChI=1S/C18H28N4O4S/c1-3-4-6-19-15(23)12-21-7-9-22(10-8-21)13-16(24)20-14-5-11-27-17(14)18(25)26-2/h5,11H,3-4,6-10,12-13H2,1-2H3,(H,19,23)(H,20,24). The van der Waals surface area contributed by atoms with Crippen molar-refractivity contribution in [3.63, 3.8) is 0 Å². The molecule has 0 unspecified atom stereocenters. The average Bonchev–Trinajstić information content (AvgIpc) is 3.11. The molecule has 8 nitrogen and oxygen atoms in total. The molecular weight excluding hydrogens is 368 g/mol. The molecule has 1 saturated heterocycles. The van der Waals surface area contributed by atoms with E-state index in [1.54, 1.807) is 11.4 Å². The lowest BCUT2D eigenvalue weighted by molar-refractivity contribution is -0.123. The highest BCUT2D eigenvalue weighted by atomic mass is 32.1. The van der Waals surface area contributed by atoms with Crippen LogP contribution in [0, 0.1) is 0 Å². The van der Waals surface area contributed by atoms with Crippen LogP contribution in [-0.4, -0.2) is 80.5 Å². The van der Waals surface area contributed by atoms with Gasteiger partial charge < -0.3 is 15.4 Å². The number of hydrogen-bond donors (Lipinski definition) is 2. The monoisotopic (exact) mass is 396 g/mol. The van der Waals surface area contributed by atoms with Crippen LogP contribution < -0.4 is 10.6 Å². The normalized spacial score (nSPS) is 15.3. The first-order valence-electron chi connectivity index (χ1n) is 9.20. The molecule has 1 aromatic rings. The smallest absolute Gasteiger partial charge is 0.350 e. The number of nitrogens with zero attached hydrogens (tertiary/aromatic N) is 2. The van der Waals surface area contributed by atoms with E-state index in [1.807, 2.05) is 4.90 Å². The first-order chi connectivity index (χ1) is 13.0. The fraction of sp³-hybridized carbons (Fsp3) is 0.611. The van der Waals surface area contributed by atoms with Crippen molar-refractivity contribution in [1.29, 1.82) is 0 Å². The lowest BCUT2D eigenvalue weighted by Crippen LogP contribution is -2.51. The molecule has 9 heteroatoms. The maximum atomic E-state index is 12.3. The molecule has 2 amide bonds. The molecule has 0 atom stereocenters. The highest BCUT2D eigenvalue weighted by Gasteiger charge is 2.21. The van der Waals surface area contributed by atoms with Crippen LogP contribution in [0.5, 0.6) is 0 Å². The number of amides is 2. The van der Waals surface area contributed by atoms with Gasteiger partial charge in [-0.1, -0.05) is 13.3 Å². The predicted octanol–water partition coefficient (Wildman–Crippen LogP) is 1.01.